The summed E-state index contributed by atoms with van der Waals surface area (Å²) in [7, 11) is 0. The average Bonchev–Trinajstić information content (AvgIpc) is 2.77. The Morgan fingerprint density at radius 2 is 0.737 bits per heavy atom. The van der Waals surface area contributed by atoms with Gasteiger partial charge in [-0.25, -0.2) is 0 Å². The molecule has 0 fully saturated rings. The summed E-state index contributed by atoms with van der Waals surface area (Å²) in [6, 6.07) is 0.987. The summed E-state index contributed by atoms with van der Waals surface area (Å²) in [6.45, 7) is 0. The number of halogens is 16. The Labute approximate surface area is 201 Å². The van der Waals surface area contributed by atoms with Gasteiger partial charge in [0.15, 0.2) is 0 Å². The molecule has 0 spiro atoms. The molecule has 0 atom stereocenters. The molecule has 0 saturated heterocycles. The van der Waals surface area contributed by atoms with Crippen LogP contribution in [0.15, 0.2) is 60.7 Å². The largest absolute Gasteiger partial charge is 0.385 e. The van der Waals surface area contributed by atoms with Crippen LogP contribution in [0.3, 0.4) is 0 Å². The van der Waals surface area contributed by atoms with Gasteiger partial charge >= 0.3 is 35.5 Å². The van der Waals surface area contributed by atoms with Crippen LogP contribution in [0.2, 0.25) is 0 Å². The van der Waals surface area contributed by atoms with Gasteiger partial charge in [0, 0.05) is 23.3 Å². The number of hydrogen-bond acceptors (Lipinski definition) is 0. The topological polar surface area (TPSA) is 0 Å². The van der Waals surface area contributed by atoms with E-state index in [1.807, 2.05) is 0 Å². The molecule has 0 N–H and O–H groups in total. The van der Waals surface area contributed by atoms with Crippen molar-refractivity contribution < 1.29 is 70.2 Å². The Balaban J connectivity index is 2.64. The van der Waals surface area contributed by atoms with Crippen LogP contribution in [0.25, 0.3) is 12.2 Å². The molecular weight excluding hydrogens is 568 g/mol. The molecule has 0 aliphatic heterocycles. The van der Waals surface area contributed by atoms with Gasteiger partial charge < -0.3 is 0 Å². The molecule has 0 aromatic heterocycles. The van der Waals surface area contributed by atoms with Gasteiger partial charge in [-0.05, 0) is 23.3 Å². The number of rotatable bonds is 9. The Hall–Kier alpha value is -3.20. The van der Waals surface area contributed by atoms with Gasteiger partial charge in [0.25, 0.3) is 12.2 Å². The maximum absolute atomic E-state index is 14.4. The van der Waals surface area contributed by atoms with E-state index in [0.29, 0.717) is 24.3 Å². The van der Waals surface area contributed by atoms with Crippen molar-refractivity contribution in [3.63, 3.8) is 0 Å². The standard InChI is InChI=1S/C22H10F16/c23-15(24)9-11-3-1-5-13(7-11)17(27,28)19(31,32)21(35,36)22(37,38)20(33,34)18(29,30)14-6-2-4-12(8-14)10-16(25)26/h1-10H. The molecule has 0 aliphatic rings. The lowest BCUT2D eigenvalue weighted by Crippen LogP contribution is -2.69. The normalized spacial score (nSPS) is 13.8. The minimum absolute atomic E-state index is 0.120. The molecule has 0 heterocycles. The lowest BCUT2D eigenvalue weighted by Gasteiger charge is -2.41. The van der Waals surface area contributed by atoms with Gasteiger partial charge in [0.2, 0.25) is 0 Å². The van der Waals surface area contributed by atoms with Crippen molar-refractivity contribution in [3.8, 4) is 0 Å². The fraction of sp³-hybridized carbons (Fsp3) is 0.273. The minimum atomic E-state index is -7.92. The van der Waals surface area contributed by atoms with Crippen LogP contribution >= 0.6 is 0 Å². The van der Waals surface area contributed by atoms with E-state index >= 15 is 0 Å². The second kappa shape index (κ2) is 9.84. The number of alkyl halides is 12. The summed E-state index contributed by atoms with van der Waals surface area (Å²) < 4.78 is 221. The third-order valence-electron chi connectivity index (χ3n) is 5.02. The Morgan fingerprint density at radius 1 is 0.447 bits per heavy atom. The molecule has 0 unspecified atom stereocenters. The molecule has 0 saturated carbocycles. The first-order valence-electron chi connectivity index (χ1n) is 9.57. The first-order valence-corrected chi connectivity index (χ1v) is 9.57. The zero-order valence-electron chi connectivity index (χ0n) is 17.8. The Bertz CT molecular complexity index is 1120. The van der Waals surface area contributed by atoms with Crippen molar-refractivity contribution in [3.05, 3.63) is 82.9 Å². The summed E-state index contributed by atoms with van der Waals surface area (Å²) in [6.07, 6.45) is -5.64. The smallest absolute Gasteiger partial charge is 0.194 e. The predicted molar refractivity (Wildman–Crippen MR) is 101 cm³/mol. The predicted octanol–water partition coefficient (Wildman–Crippen LogP) is 9.59. The molecule has 0 aliphatic carbocycles. The molecule has 38 heavy (non-hydrogen) atoms. The first kappa shape index (κ1) is 31.0. The second-order valence-electron chi connectivity index (χ2n) is 7.57. The fourth-order valence-corrected chi connectivity index (χ4v) is 3.05. The lowest BCUT2D eigenvalue weighted by atomic mass is 9.86. The van der Waals surface area contributed by atoms with E-state index in [1.54, 1.807) is 0 Å². The summed E-state index contributed by atoms with van der Waals surface area (Å²) in [4.78, 5) is 0. The van der Waals surface area contributed by atoms with Crippen molar-refractivity contribution in [2.24, 2.45) is 0 Å². The average molecular weight is 578 g/mol. The monoisotopic (exact) mass is 578 g/mol. The minimum Gasteiger partial charge on any atom is -0.194 e. The quantitative estimate of drug-likeness (QED) is 0.260. The zero-order chi connectivity index (χ0) is 29.5. The van der Waals surface area contributed by atoms with Crippen LogP contribution in [-0.4, -0.2) is 23.7 Å². The lowest BCUT2D eigenvalue weighted by molar-refractivity contribution is -0.429. The highest BCUT2D eigenvalue weighted by Gasteiger charge is 2.90. The van der Waals surface area contributed by atoms with Crippen LogP contribution in [0.5, 0.6) is 0 Å². The van der Waals surface area contributed by atoms with Crippen LogP contribution in [0.1, 0.15) is 22.3 Å². The van der Waals surface area contributed by atoms with Gasteiger partial charge in [0.05, 0.1) is 0 Å². The van der Waals surface area contributed by atoms with Gasteiger partial charge in [-0.2, -0.15) is 70.2 Å². The second-order valence-corrected chi connectivity index (χ2v) is 7.57. The molecule has 0 radical (unpaired) electrons. The summed E-state index contributed by atoms with van der Waals surface area (Å²) in [5.41, 5.74) is -6.70. The molecule has 2 aromatic carbocycles. The molecule has 16 heteroatoms. The SMILES string of the molecule is FC(F)=Cc1cccc(C(F)(F)C(F)(F)C(F)(F)C(F)(F)C(F)(F)C(F)(F)c2cccc(C=C(F)F)c2)c1. The van der Waals surface area contributed by atoms with E-state index < -0.39 is 70.0 Å². The molecular formula is C22H10F16. The van der Waals surface area contributed by atoms with E-state index in [0.717, 1.165) is 0 Å². The third-order valence-corrected chi connectivity index (χ3v) is 5.02. The highest BCUT2D eigenvalue weighted by Crippen LogP contribution is 2.63. The molecule has 2 aromatic rings. The third kappa shape index (κ3) is 4.96. The van der Waals surface area contributed by atoms with Crippen LogP contribution < -0.4 is 0 Å². The van der Waals surface area contributed by atoms with E-state index in [9.17, 15) is 70.2 Å². The van der Waals surface area contributed by atoms with E-state index in [1.165, 1.54) is 0 Å². The maximum Gasteiger partial charge on any atom is 0.385 e. The van der Waals surface area contributed by atoms with Crippen LogP contribution in [0, 0.1) is 0 Å². The molecule has 0 nitrogen and oxygen atoms in total. The van der Waals surface area contributed by atoms with E-state index in [-0.39, 0.29) is 36.4 Å². The number of benzene rings is 2. The van der Waals surface area contributed by atoms with E-state index in [4.69, 9.17) is 0 Å². The van der Waals surface area contributed by atoms with Gasteiger partial charge in [-0.1, -0.05) is 36.4 Å². The highest BCUT2D eigenvalue weighted by atomic mass is 19.4. The van der Waals surface area contributed by atoms with Crippen molar-refractivity contribution in [1.29, 1.82) is 0 Å². The summed E-state index contributed by atoms with van der Waals surface area (Å²) in [5.74, 6) is -43.9. The first-order chi connectivity index (χ1) is 17.0. The summed E-state index contributed by atoms with van der Waals surface area (Å²) >= 11 is 0. The fourth-order valence-electron chi connectivity index (χ4n) is 3.05. The van der Waals surface area contributed by atoms with E-state index in [2.05, 4.69) is 0 Å². The summed E-state index contributed by atoms with van der Waals surface area (Å²) in [5, 5.41) is 0. The molecule has 210 valence electrons. The van der Waals surface area contributed by atoms with Gasteiger partial charge in [-0.3, -0.25) is 0 Å². The van der Waals surface area contributed by atoms with Crippen molar-refractivity contribution in [1.82, 2.24) is 0 Å². The van der Waals surface area contributed by atoms with Gasteiger partial charge in [0.1, 0.15) is 0 Å². The van der Waals surface area contributed by atoms with Crippen LogP contribution in [0.4, 0.5) is 70.2 Å². The molecule has 0 bridgehead atoms. The highest BCUT2D eigenvalue weighted by molar-refractivity contribution is 5.52. The van der Waals surface area contributed by atoms with Crippen molar-refractivity contribution in [2.45, 2.75) is 35.5 Å². The number of hydrogen-bond donors (Lipinski definition) is 0. The maximum atomic E-state index is 14.4. The zero-order valence-corrected chi connectivity index (χ0v) is 17.8. The molecule has 0 amide bonds. The molecule has 2 rings (SSSR count). The van der Waals surface area contributed by atoms with Gasteiger partial charge in [-0.15, -0.1) is 0 Å². The van der Waals surface area contributed by atoms with Crippen molar-refractivity contribution >= 4 is 12.2 Å². The Morgan fingerprint density at radius 3 is 1.00 bits per heavy atom. The van der Waals surface area contributed by atoms with Crippen molar-refractivity contribution in [2.75, 3.05) is 0 Å². The van der Waals surface area contributed by atoms with Crippen LogP contribution in [-0.2, 0) is 11.8 Å². The Kier molecular flexibility index (Phi) is 8.03.